The number of hydrogen-bond acceptors (Lipinski definition) is 6. The van der Waals surface area contributed by atoms with Crippen LogP contribution in [0.25, 0.3) is 0 Å². The van der Waals surface area contributed by atoms with E-state index in [0.29, 0.717) is 11.6 Å². The zero-order chi connectivity index (χ0) is 12.3. The van der Waals surface area contributed by atoms with Crippen LogP contribution in [-0.4, -0.2) is 29.3 Å². The average Bonchev–Trinajstić information content (AvgIpc) is 2.77. The third-order valence-electron chi connectivity index (χ3n) is 3.00. The van der Waals surface area contributed by atoms with Crippen molar-refractivity contribution >= 4 is 0 Å². The lowest BCUT2D eigenvalue weighted by Crippen LogP contribution is -2.37. The van der Waals surface area contributed by atoms with Gasteiger partial charge in [-0.2, -0.15) is 0 Å². The molecule has 1 aliphatic heterocycles. The summed E-state index contributed by atoms with van der Waals surface area (Å²) in [5.74, 6) is 6.09. The molecule has 1 aliphatic rings. The van der Waals surface area contributed by atoms with E-state index in [-0.39, 0.29) is 18.2 Å². The highest BCUT2D eigenvalue weighted by molar-refractivity contribution is 5.22. The maximum atomic E-state index is 5.80. The van der Waals surface area contributed by atoms with Gasteiger partial charge < -0.3 is 9.47 Å². The topological polar surface area (TPSA) is 82.3 Å². The van der Waals surface area contributed by atoms with Crippen LogP contribution in [0.4, 0.5) is 0 Å². The van der Waals surface area contributed by atoms with Gasteiger partial charge in [0.25, 0.3) is 0 Å². The summed E-state index contributed by atoms with van der Waals surface area (Å²) in [4.78, 5) is 8.40. The summed E-state index contributed by atoms with van der Waals surface area (Å²) in [5, 5.41) is 0. The summed E-state index contributed by atoms with van der Waals surface area (Å²) in [6.45, 7) is 2.06. The largest absolute Gasteiger partial charge is 0.480 e. The van der Waals surface area contributed by atoms with Crippen molar-refractivity contribution in [2.75, 3.05) is 7.11 Å². The first-order valence-electron chi connectivity index (χ1n) is 5.72. The molecule has 17 heavy (non-hydrogen) atoms. The maximum absolute atomic E-state index is 5.80. The Hall–Kier alpha value is -1.24. The van der Waals surface area contributed by atoms with Crippen LogP contribution in [0.5, 0.6) is 5.88 Å². The van der Waals surface area contributed by atoms with Gasteiger partial charge in [0.15, 0.2) is 0 Å². The fraction of sp³-hybridized carbons (Fsp3) is 0.636. The van der Waals surface area contributed by atoms with Gasteiger partial charge >= 0.3 is 0 Å². The van der Waals surface area contributed by atoms with Gasteiger partial charge in [-0.3, -0.25) is 10.8 Å². The zero-order valence-corrected chi connectivity index (χ0v) is 10.1. The molecule has 1 aromatic rings. The van der Waals surface area contributed by atoms with Gasteiger partial charge in [0.1, 0.15) is 5.69 Å². The van der Waals surface area contributed by atoms with Gasteiger partial charge in [-0.25, -0.2) is 10.4 Å². The van der Waals surface area contributed by atoms with Crippen molar-refractivity contribution in [2.24, 2.45) is 5.84 Å². The van der Waals surface area contributed by atoms with Crippen LogP contribution in [-0.2, 0) is 4.74 Å². The lowest BCUT2D eigenvalue weighted by molar-refractivity contribution is 0.0299. The molecular weight excluding hydrogens is 220 g/mol. The van der Waals surface area contributed by atoms with E-state index in [4.69, 9.17) is 15.3 Å². The van der Waals surface area contributed by atoms with Crippen molar-refractivity contribution < 1.29 is 9.47 Å². The lowest BCUT2D eigenvalue weighted by atomic mass is 10.0. The fourth-order valence-corrected chi connectivity index (χ4v) is 2.15. The number of hydrazine groups is 1. The van der Waals surface area contributed by atoms with Gasteiger partial charge in [0.2, 0.25) is 5.88 Å². The van der Waals surface area contributed by atoms with Gasteiger partial charge in [-0.15, -0.1) is 0 Å². The number of rotatable bonds is 4. The molecule has 6 heteroatoms. The number of aromatic nitrogens is 2. The SMILES string of the molecule is COc1nccnc1C(NN)C1CCC(C)O1. The van der Waals surface area contributed by atoms with Gasteiger partial charge in [-0.1, -0.05) is 0 Å². The van der Waals surface area contributed by atoms with Crippen LogP contribution >= 0.6 is 0 Å². The molecule has 1 aromatic heterocycles. The molecule has 0 aliphatic carbocycles. The van der Waals surface area contributed by atoms with E-state index in [1.165, 1.54) is 0 Å². The number of nitrogens with one attached hydrogen (secondary N) is 1. The minimum Gasteiger partial charge on any atom is -0.480 e. The molecule has 1 fully saturated rings. The molecule has 0 radical (unpaired) electrons. The highest BCUT2D eigenvalue weighted by Crippen LogP contribution is 2.31. The smallest absolute Gasteiger partial charge is 0.237 e. The van der Waals surface area contributed by atoms with Crippen molar-refractivity contribution in [1.29, 1.82) is 0 Å². The standard InChI is InChI=1S/C11H18N4O2/c1-7-3-4-8(17-7)9(15-12)10-11(16-2)14-6-5-13-10/h5-9,15H,3-4,12H2,1-2H3. The van der Waals surface area contributed by atoms with Crippen molar-refractivity contribution in [1.82, 2.24) is 15.4 Å². The Morgan fingerprint density at radius 1 is 1.47 bits per heavy atom. The maximum Gasteiger partial charge on any atom is 0.237 e. The molecule has 2 heterocycles. The second-order valence-electron chi connectivity index (χ2n) is 4.16. The lowest BCUT2D eigenvalue weighted by Gasteiger charge is -2.23. The van der Waals surface area contributed by atoms with E-state index in [2.05, 4.69) is 22.3 Å². The van der Waals surface area contributed by atoms with Crippen LogP contribution in [0.15, 0.2) is 12.4 Å². The number of nitrogens with two attached hydrogens (primary N) is 1. The predicted octanol–water partition coefficient (Wildman–Crippen LogP) is 0.557. The van der Waals surface area contributed by atoms with E-state index < -0.39 is 0 Å². The van der Waals surface area contributed by atoms with Crippen LogP contribution in [0.2, 0.25) is 0 Å². The molecule has 3 atom stereocenters. The third-order valence-corrected chi connectivity index (χ3v) is 3.00. The highest BCUT2D eigenvalue weighted by Gasteiger charge is 2.32. The first-order valence-corrected chi connectivity index (χ1v) is 5.72. The molecule has 2 rings (SSSR count). The van der Waals surface area contributed by atoms with Gasteiger partial charge in [0, 0.05) is 12.4 Å². The molecule has 1 saturated heterocycles. The summed E-state index contributed by atoms with van der Waals surface area (Å²) in [7, 11) is 1.57. The zero-order valence-electron chi connectivity index (χ0n) is 10.1. The Kier molecular flexibility index (Phi) is 3.88. The van der Waals surface area contributed by atoms with Gasteiger partial charge in [-0.05, 0) is 19.8 Å². The Labute approximate surface area is 101 Å². The van der Waals surface area contributed by atoms with Crippen LogP contribution in [0, 0.1) is 0 Å². The molecule has 94 valence electrons. The van der Waals surface area contributed by atoms with E-state index in [0.717, 1.165) is 12.8 Å². The fourth-order valence-electron chi connectivity index (χ4n) is 2.15. The summed E-state index contributed by atoms with van der Waals surface area (Å²) in [6.07, 6.45) is 5.48. The first-order chi connectivity index (χ1) is 8.26. The molecule has 3 N–H and O–H groups in total. The number of nitrogens with zero attached hydrogens (tertiary/aromatic N) is 2. The van der Waals surface area contributed by atoms with Crippen molar-refractivity contribution in [3.05, 3.63) is 18.1 Å². The summed E-state index contributed by atoms with van der Waals surface area (Å²) in [5.41, 5.74) is 3.44. The molecule has 0 amide bonds. The normalized spacial score (nSPS) is 25.8. The second kappa shape index (κ2) is 5.39. The van der Waals surface area contributed by atoms with Gasteiger partial charge in [0.05, 0.1) is 25.4 Å². The van der Waals surface area contributed by atoms with E-state index >= 15 is 0 Å². The predicted molar refractivity (Wildman–Crippen MR) is 62.2 cm³/mol. The number of methoxy groups -OCH3 is 1. The van der Waals surface area contributed by atoms with Crippen molar-refractivity contribution in [2.45, 2.75) is 38.0 Å². The first kappa shape index (κ1) is 12.2. The van der Waals surface area contributed by atoms with E-state index in [9.17, 15) is 0 Å². The minimum atomic E-state index is -0.191. The third kappa shape index (κ3) is 2.54. The summed E-state index contributed by atoms with van der Waals surface area (Å²) >= 11 is 0. The van der Waals surface area contributed by atoms with Crippen LogP contribution in [0.1, 0.15) is 31.5 Å². The van der Waals surface area contributed by atoms with Crippen molar-refractivity contribution in [3.8, 4) is 5.88 Å². The highest BCUT2D eigenvalue weighted by atomic mass is 16.5. The Balaban J connectivity index is 2.22. The Morgan fingerprint density at radius 3 is 2.82 bits per heavy atom. The molecule has 0 spiro atoms. The molecule has 6 nitrogen and oxygen atoms in total. The summed E-state index contributed by atoms with van der Waals surface area (Å²) < 4.78 is 11.0. The molecule has 0 saturated carbocycles. The van der Waals surface area contributed by atoms with E-state index in [1.54, 1.807) is 19.5 Å². The average molecular weight is 238 g/mol. The minimum absolute atomic E-state index is 0.0144. The monoisotopic (exact) mass is 238 g/mol. The molecular formula is C11H18N4O2. The van der Waals surface area contributed by atoms with Crippen molar-refractivity contribution in [3.63, 3.8) is 0 Å². The summed E-state index contributed by atoms with van der Waals surface area (Å²) in [6, 6.07) is -0.191. The number of ether oxygens (including phenoxy) is 2. The van der Waals surface area contributed by atoms with E-state index in [1.807, 2.05) is 0 Å². The van der Waals surface area contributed by atoms with Crippen LogP contribution < -0.4 is 16.0 Å². The molecule has 0 bridgehead atoms. The Morgan fingerprint density at radius 2 is 2.24 bits per heavy atom. The second-order valence-corrected chi connectivity index (χ2v) is 4.16. The molecule has 0 aromatic carbocycles. The quantitative estimate of drug-likeness (QED) is 0.589. The van der Waals surface area contributed by atoms with Crippen LogP contribution in [0.3, 0.4) is 0 Å². The Bertz CT molecular complexity index is 374. The molecule has 3 unspecified atom stereocenters. The number of hydrogen-bond donors (Lipinski definition) is 2.